The molecule has 10 heavy (non-hydrogen) atoms. The van der Waals surface area contributed by atoms with E-state index in [2.05, 4.69) is 17.5 Å². The summed E-state index contributed by atoms with van der Waals surface area (Å²) in [5.41, 5.74) is 3.35. The number of rotatable bonds is 3. The van der Waals surface area contributed by atoms with Gasteiger partial charge in [0.2, 0.25) is 5.91 Å². The van der Waals surface area contributed by atoms with Gasteiger partial charge in [0, 0.05) is 12.6 Å². The molecule has 1 N–H and O–H groups in total. The normalized spacial score (nSPS) is 11.3. The Bertz CT molecular complexity index is 141. The summed E-state index contributed by atoms with van der Waals surface area (Å²) in [5.74, 6) is -0.115. The summed E-state index contributed by atoms with van der Waals surface area (Å²) in [6, 6.07) is 0. The highest BCUT2D eigenvalue weighted by Crippen LogP contribution is 1.88. The van der Waals surface area contributed by atoms with Crippen molar-refractivity contribution in [3.63, 3.8) is 0 Å². The van der Waals surface area contributed by atoms with Gasteiger partial charge in [-0.25, -0.2) is 5.43 Å². The molecule has 0 aromatic rings. The Morgan fingerprint density at radius 2 is 2.10 bits per heavy atom. The van der Waals surface area contributed by atoms with Crippen molar-refractivity contribution in [1.29, 1.82) is 0 Å². The third kappa shape index (κ3) is 5.28. The van der Waals surface area contributed by atoms with Crippen LogP contribution in [0, 0.1) is 0 Å². The van der Waals surface area contributed by atoms with Gasteiger partial charge in [-0.05, 0) is 13.3 Å². The van der Waals surface area contributed by atoms with E-state index in [-0.39, 0.29) is 5.91 Å². The Hall–Kier alpha value is -0.860. The summed E-state index contributed by atoms with van der Waals surface area (Å²) in [7, 11) is 0. The van der Waals surface area contributed by atoms with Gasteiger partial charge in [0.1, 0.15) is 0 Å². The molecule has 0 bridgehead atoms. The number of nitrogens with zero attached hydrogens (tertiary/aromatic N) is 1. The first-order chi connectivity index (χ1) is 4.66. The number of amides is 1. The van der Waals surface area contributed by atoms with Crippen LogP contribution in [0.3, 0.4) is 0 Å². The maximum absolute atomic E-state index is 10.3. The summed E-state index contributed by atoms with van der Waals surface area (Å²) >= 11 is 0. The van der Waals surface area contributed by atoms with Gasteiger partial charge >= 0.3 is 0 Å². The highest BCUT2D eigenvalue weighted by molar-refractivity contribution is 5.83. The third-order valence-electron chi connectivity index (χ3n) is 1.02. The molecule has 0 fully saturated rings. The molecule has 0 saturated heterocycles. The van der Waals surface area contributed by atoms with Crippen LogP contribution in [0.5, 0.6) is 0 Å². The molecule has 0 heterocycles. The van der Waals surface area contributed by atoms with Crippen molar-refractivity contribution in [2.45, 2.75) is 33.6 Å². The highest BCUT2D eigenvalue weighted by atomic mass is 16.2. The van der Waals surface area contributed by atoms with Crippen LogP contribution < -0.4 is 5.43 Å². The minimum absolute atomic E-state index is 0.115. The van der Waals surface area contributed by atoms with Gasteiger partial charge in [-0.15, -0.1) is 0 Å². The van der Waals surface area contributed by atoms with Crippen LogP contribution in [0.4, 0.5) is 0 Å². The van der Waals surface area contributed by atoms with Crippen molar-refractivity contribution in [2.24, 2.45) is 5.10 Å². The van der Waals surface area contributed by atoms with E-state index in [1.165, 1.54) is 6.92 Å². The van der Waals surface area contributed by atoms with Gasteiger partial charge in [0.15, 0.2) is 0 Å². The summed E-state index contributed by atoms with van der Waals surface area (Å²) in [6.07, 6.45) is 2.01. The predicted octanol–water partition coefficient (Wildman–Crippen LogP) is 1.30. The standard InChI is InChI=1S/C7H14N2O/c1-4-5-6(2)8-9-7(3)10/h4-5H2,1-3H3,(H,9,10)/b8-6+. The van der Waals surface area contributed by atoms with Gasteiger partial charge in [0.25, 0.3) is 0 Å². The van der Waals surface area contributed by atoms with E-state index in [1.807, 2.05) is 6.92 Å². The molecule has 3 heteroatoms. The van der Waals surface area contributed by atoms with E-state index in [1.54, 1.807) is 0 Å². The molecule has 0 aliphatic rings. The van der Waals surface area contributed by atoms with Crippen molar-refractivity contribution < 1.29 is 4.79 Å². The molecule has 0 atom stereocenters. The molecule has 0 radical (unpaired) electrons. The minimum Gasteiger partial charge on any atom is -0.274 e. The van der Waals surface area contributed by atoms with E-state index in [0.717, 1.165) is 18.6 Å². The molecule has 0 spiro atoms. The van der Waals surface area contributed by atoms with Crippen molar-refractivity contribution in [1.82, 2.24) is 5.43 Å². The van der Waals surface area contributed by atoms with E-state index in [0.29, 0.717) is 0 Å². The first-order valence-electron chi connectivity index (χ1n) is 3.46. The smallest absolute Gasteiger partial charge is 0.236 e. The first kappa shape index (κ1) is 9.14. The highest BCUT2D eigenvalue weighted by Gasteiger charge is 1.89. The molecule has 0 rings (SSSR count). The fourth-order valence-corrected chi connectivity index (χ4v) is 0.592. The zero-order chi connectivity index (χ0) is 7.98. The number of carbonyl (C=O) groups excluding carboxylic acids is 1. The fraction of sp³-hybridized carbons (Fsp3) is 0.714. The van der Waals surface area contributed by atoms with Gasteiger partial charge in [0.05, 0.1) is 0 Å². The largest absolute Gasteiger partial charge is 0.274 e. The second-order valence-corrected chi connectivity index (χ2v) is 2.27. The SMILES string of the molecule is CCC/C(C)=N/NC(C)=O. The molecular weight excluding hydrogens is 128 g/mol. The average molecular weight is 142 g/mol. The summed E-state index contributed by atoms with van der Waals surface area (Å²) in [5, 5.41) is 3.83. The van der Waals surface area contributed by atoms with Crippen LogP contribution >= 0.6 is 0 Å². The van der Waals surface area contributed by atoms with Crippen molar-refractivity contribution in [3.05, 3.63) is 0 Å². The maximum Gasteiger partial charge on any atom is 0.236 e. The molecule has 0 aliphatic heterocycles. The number of hydrogen-bond acceptors (Lipinski definition) is 2. The number of hydrogen-bond donors (Lipinski definition) is 1. The van der Waals surface area contributed by atoms with Crippen LogP contribution in [0.25, 0.3) is 0 Å². The van der Waals surface area contributed by atoms with Gasteiger partial charge in [-0.3, -0.25) is 4.79 Å². The third-order valence-corrected chi connectivity index (χ3v) is 1.02. The lowest BCUT2D eigenvalue weighted by molar-refractivity contribution is -0.118. The van der Waals surface area contributed by atoms with Crippen molar-refractivity contribution in [3.8, 4) is 0 Å². The van der Waals surface area contributed by atoms with Crippen LogP contribution in [0.15, 0.2) is 5.10 Å². The zero-order valence-electron chi connectivity index (χ0n) is 6.77. The Labute approximate surface area is 61.5 Å². The van der Waals surface area contributed by atoms with Gasteiger partial charge in [-0.2, -0.15) is 5.10 Å². The van der Waals surface area contributed by atoms with Gasteiger partial charge < -0.3 is 0 Å². The molecular formula is C7H14N2O. The van der Waals surface area contributed by atoms with E-state index in [9.17, 15) is 4.79 Å². The number of hydrazone groups is 1. The first-order valence-corrected chi connectivity index (χ1v) is 3.46. The fourth-order valence-electron chi connectivity index (χ4n) is 0.592. The second-order valence-electron chi connectivity index (χ2n) is 2.27. The molecule has 0 saturated carbocycles. The summed E-state index contributed by atoms with van der Waals surface area (Å²) in [6.45, 7) is 5.43. The lowest BCUT2D eigenvalue weighted by Crippen LogP contribution is -2.14. The summed E-state index contributed by atoms with van der Waals surface area (Å²) in [4.78, 5) is 10.3. The van der Waals surface area contributed by atoms with E-state index >= 15 is 0 Å². The molecule has 0 aromatic carbocycles. The zero-order valence-corrected chi connectivity index (χ0v) is 6.77. The molecule has 0 unspecified atom stereocenters. The van der Waals surface area contributed by atoms with Crippen LogP contribution in [-0.4, -0.2) is 11.6 Å². The Kier molecular flexibility index (Phi) is 4.54. The predicted molar refractivity (Wildman–Crippen MR) is 41.8 cm³/mol. The molecule has 0 aliphatic carbocycles. The Morgan fingerprint density at radius 3 is 2.50 bits per heavy atom. The lowest BCUT2D eigenvalue weighted by atomic mass is 10.2. The Balaban J connectivity index is 3.57. The minimum atomic E-state index is -0.115. The maximum atomic E-state index is 10.3. The molecule has 1 amide bonds. The lowest BCUT2D eigenvalue weighted by Gasteiger charge is -1.96. The monoisotopic (exact) mass is 142 g/mol. The van der Waals surface area contributed by atoms with E-state index < -0.39 is 0 Å². The second kappa shape index (κ2) is 4.97. The molecule has 3 nitrogen and oxygen atoms in total. The molecule has 58 valence electrons. The quantitative estimate of drug-likeness (QED) is 0.468. The summed E-state index contributed by atoms with van der Waals surface area (Å²) < 4.78 is 0. The average Bonchev–Trinajstić information content (AvgIpc) is 1.85. The van der Waals surface area contributed by atoms with Gasteiger partial charge in [-0.1, -0.05) is 13.3 Å². The van der Waals surface area contributed by atoms with Crippen LogP contribution in [0.1, 0.15) is 33.6 Å². The van der Waals surface area contributed by atoms with E-state index in [4.69, 9.17) is 0 Å². The number of nitrogens with one attached hydrogen (secondary N) is 1. The Morgan fingerprint density at radius 1 is 1.50 bits per heavy atom. The molecule has 0 aromatic heterocycles. The topological polar surface area (TPSA) is 41.5 Å². The van der Waals surface area contributed by atoms with Crippen LogP contribution in [0.2, 0.25) is 0 Å². The number of carbonyl (C=O) groups is 1. The van der Waals surface area contributed by atoms with Crippen molar-refractivity contribution in [2.75, 3.05) is 0 Å². The van der Waals surface area contributed by atoms with Crippen LogP contribution in [-0.2, 0) is 4.79 Å². The van der Waals surface area contributed by atoms with Crippen molar-refractivity contribution >= 4 is 11.6 Å².